The minimum Gasteiger partial charge on any atom is -0.507 e. The summed E-state index contributed by atoms with van der Waals surface area (Å²) in [5, 5.41) is 17.0. The van der Waals surface area contributed by atoms with Crippen LogP contribution in [0, 0.1) is 0 Å². The number of anilines is 1. The fourth-order valence-electron chi connectivity index (χ4n) is 1.89. The van der Waals surface area contributed by atoms with Gasteiger partial charge in [-0.2, -0.15) is 0 Å². The molecule has 0 saturated heterocycles. The fourth-order valence-corrected chi connectivity index (χ4v) is 2.15. The van der Waals surface area contributed by atoms with Crippen molar-refractivity contribution in [2.75, 3.05) is 12.4 Å². The highest BCUT2D eigenvalue weighted by molar-refractivity contribution is 7.81. The fraction of sp³-hybridized carbons (Fsp3) is 0.125. The lowest BCUT2D eigenvalue weighted by Gasteiger charge is -2.10. The van der Waals surface area contributed by atoms with Crippen molar-refractivity contribution in [3.05, 3.63) is 59.7 Å². The number of benzene rings is 2. The standard InChI is InChI=1S/C16H16N2O2S/c1-11(18-20-2)14-9-8-13(10-15(14)19)17-16(21)12-6-4-3-5-7-12/h3-10,19H,1-2H3,(H,17,21)/b18-11+. The van der Waals surface area contributed by atoms with Crippen LogP contribution < -0.4 is 5.32 Å². The van der Waals surface area contributed by atoms with Crippen molar-refractivity contribution in [2.24, 2.45) is 5.16 Å². The van der Waals surface area contributed by atoms with E-state index in [1.165, 1.54) is 7.11 Å². The predicted molar refractivity (Wildman–Crippen MR) is 89.1 cm³/mol. The van der Waals surface area contributed by atoms with Crippen LogP contribution in [-0.4, -0.2) is 22.9 Å². The second-order valence-corrected chi connectivity index (χ2v) is 4.82. The lowest BCUT2D eigenvalue weighted by Crippen LogP contribution is -2.10. The number of nitrogens with zero attached hydrogens (tertiary/aromatic N) is 1. The van der Waals surface area contributed by atoms with Crippen molar-refractivity contribution < 1.29 is 9.94 Å². The maximum atomic E-state index is 10.1. The average molecular weight is 300 g/mol. The third-order valence-corrected chi connectivity index (χ3v) is 3.25. The number of hydrogen-bond donors (Lipinski definition) is 2. The first-order chi connectivity index (χ1) is 10.1. The normalized spacial score (nSPS) is 11.0. The second kappa shape index (κ2) is 6.85. The number of oxime groups is 1. The van der Waals surface area contributed by atoms with Gasteiger partial charge < -0.3 is 15.3 Å². The van der Waals surface area contributed by atoms with Crippen LogP contribution in [0.1, 0.15) is 18.1 Å². The van der Waals surface area contributed by atoms with Gasteiger partial charge in [-0.25, -0.2) is 0 Å². The summed E-state index contributed by atoms with van der Waals surface area (Å²) in [6.45, 7) is 1.76. The molecule has 2 N–H and O–H groups in total. The highest BCUT2D eigenvalue weighted by atomic mass is 32.1. The van der Waals surface area contributed by atoms with Crippen LogP contribution in [-0.2, 0) is 4.84 Å². The first kappa shape index (κ1) is 15.0. The molecule has 0 saturated carbocycles. The molecule has 21 heavy (non-hydrogen) atoms. The summed E-state index contributed by atoms with van der Waals surface area (Å²) in [5.41, 5.74) is 2.86. The van der Waals surface area contributed by atoms with Crippen molar-refractivity contribution in [3.8, 4) is 5.75 Å². The van der Waals surface area contributed by atoms with Crippen LogP contribution in [0.25, 0.3) is 0 Å². The van der Waals surface area contributed by atoms with Gasteiger partial charge in [0.15, 0.2) is 0 Å². The Kier molecular flexibility index (Phi) is 4.90. The zero-order valence-electron chi connectivity index (χ0n) is 11.8. The molecule has 0 bridgehead atoms. The Morgan fingerprint density at radius 2 is 1.90 bits per heavy atom. The molecule has 0 aliphatic carbocycles. The van der Waals surface area contributed by atoms with Gasteiger partial charge in [0.1, 0.15) is 17.8 Å². The lowest BCUT2D eigenvalue weighted by molar-refractivity contribution is 0.213. The molecule has 0 amide bonds. The van der Waals surface area contributed by atoms with Gasteiger partial charge in [0, 0.05) is 22.9 Å². The maximum absolute atomic E-state index is 10.1. The minimum absolute atomic E-state index is 0.120. The second-order valence-electron chi connectivity index (χ2n) is 4.41. The molecular formula is C16H16N2O2S. The summed E-state index contributed by atoms with van der Waals surface area (Å²) < 4.78 is 0. The predicted octanol–water partition coefficient (Wildman–Crippen LogP) is 3.55. The summed E-state index contributed by atoms with van der Waals surface area (Å²) in [7, 11) is 1.47. The Labute approximate surface area is 129 Å². The number of aromatic hydroxyl groups is 1. The molecule has 0 unspecified atom stereocenters. The van der Waals surface area contributed by atoms with E-state index in [0.717, 1.165) is 11.3 Å². The van der Waals surface area contributed by atoms with Crippen LogP contribution in [0.2, 0.25) is 0 Å². The molecule has 0 aliphatic heterocycles. The van der Waals surface area contributed by atoms with Crippen molar-refractivity contribution in [1.29, 1.82) is 0 Å². The quantitative estimate of drug-likeness (QED) is 0.515. The Bertz CT molecular complexity index is 669. The van der Waals surface area contributed by atoms with Gasteiger partial charge >= 0.3 is 0 Å². The van der Waals surface area contributed by atoms with Crippen molar-refractivity contribution in [3.63, 3.8) is 0 Å². The Balaban J connectivity index is 2.18. The molecule has 0 spiro atoms. The van der Waals surface area contributed by atoms with E-state index in [-0.39, 0.29) is 5.75 Å². The van der Waals surface area contributed by atoms with Crippen LogP contribution in [0.4, 0.5) is 5.69 Å². The van der Waals surface area contributed by atoms with Gasteiger partial charge in [-0.3, -0.25) is 0 Å². The van der Waals surface area contributed by atoms with Gasteiger partial charge in [0.05, 0.1) is 5.71 Å². The Hall–Kier alpha value is -2.40. The number of phenols is 1. The molecule has 0 atom stereocenters. The molecule has 0 radical (unpaired) electrons. The zero-order valence-corrected chi connectivity index (χ0v) is 12.6. The Morgan fingerprint density at radius 1 is 1.19 bits per heavy atom. The summed E-state index contributed by atoms with van der Waals surface area (Å²) in [6, 6.07) is 14.9. The van der Waals surface area contributed by atoms with Crippen LogP contribution in [0.15, 0.2) is 53.7 Å². The molecule has 2 rings (SSSR count). The molecule has 108 valence electrons. The number of phenolic OH excluding ortho intramolecular Hbond substituents is 1. The topological polar surface area (TPSA) is 53.8 Å². The number of thiocarbonyl (C=S) groups is 1. The summed E-state index contributed by atoms with van der Waals surface area (Å²) in [4.78, 5) is 5.31. The molecule has 0 fully saturated rings. The van der Waals surface area contributed by atoms with E-state index in [1.54, 1.807) is 19.1 Å². The van der Waals surface area contributed by atoms with Gasteiger partial charge in [-0.1, -0.05) is 47.7 Å². The summed E-state index contributed by atoms with van der Waals surface area (Å²) >= 11 is 5.34. The molecule has 2 aromatic carbocycles. The summed E-state index contributed by atoms with van der Waals surface area (Å²) in [5.74, 6) is 0.120. The molecule has 2 aromatic rings. The van der Waals surface area contributed by atoms with Crippen molar-refractivity contribution >= 4 is 28.6 Å². The minimum atomic E-state index is 0.120. The van der Waals surface area contributed by atoms with Gasteiger partial charge in [0.2, 0.25) is 0 Å². The zero-order chi connectivity index (χ0) is 15.2. The van der Waals surface area contributed by atoms with Crippen molar-refractivity contribution in [2.45, 2.75) is 6.92 Å². The average Bonchev–Trinajstić information content (AvgIpc) is 2.48. The van der Waals surface area contributed by atoms with E-state index in [9.17, 15) is 5.11 Å². The van der Waals surface area contributed by atoms with Gasteiger partial charge in [-0.05, 0) is 19.1 Å². The molecule has 0 aliphatic rings. The van der Waals surface area contributed by atoms with Crippen LogP contribution in [0.3, 0.4) is 0 Å². The third kappa shape index (κ3) is 3.79. The Morgan fingerprint density at radius 3 is 2.52 bits per heavy atom. The van der Waals surface area contributed by atoms with E-state index < -0.39 is 0 Å². The van der Waals surface area contributed by atoms with Crippen LogP contribution in [0.5, 0.6) is 5.75 Å². The lowest BCUT2D eigenvalue weighted by atomic mass is 10.1. The molecule has 0 aromatic heterocycles. The third-order valence-electron chi connectivity index (χ3n) is 2.91. The molecular weight excluding hydrogens is 284 g/mol. The smallest absolute Gasteiger partial charge is 0.126 e. The maximum Gasteiger partial charge on any atom is 0.126 e. The largest absolute Gasteiger partial charge is 0.507 e. The highest BCUT2D eigenvalue weighted by Crippen LogP contribution is 2.23. The van der Waals surface area contributed by atoms with E-state index in [1.807, 2.05) is 36.4 Å². The first-order valence-corrected chi connectivity index (χ1v) is 6.80. The number of nitrogens with one attached hydrogen (secondary N) is 1. The molecule has 5 heteroatoms. The van der Waals surface area contributed by atoms with Crippen LogP contribution >= 0.6 is 12.2 Å². The van der Waals surface area contributed by atoms with E-state index in [4.69, 9.17) is 17.1 Å². The van der Waals surface area contributed by atoms with Crippen molar-refractivity contribution in [1.82, 2.24) is 0 Å². The summed E-state index contributed by atoms with van der Waals surface area (Å²) in [6.07, 6.45) is 0. The van der Waals surface area contributed by atoms with Gasteiger partial charge in [-0.15, -0.1) is 0 Å². The molecule has 4 nitrogen and oxygen atoms in total. The SMILES string of the molecule is CO/N=C(\C)c1ccc(NC(=S)c2ccccc2)cc1O. The van der Waals surface area contributed by atoms with E-state index in [0.29, 0.717) is 16.3 Å². The molecule has 0 heterocycles. The highest BCUT2D eigenvalue weighted by Gasteiger charge is 2.08. The number of hydrogen-bond acceptors (Lipinski definition) is 4. The van der Waals surface area contributed by atoms with Gasteiger partial charge in [0.25, 0.3) is 0 Å². The van der Waals surface area contributed by atoms with E-state index in [2.05, 4.69) is 10.5 Å². The monoisotopic (exact) mass is 300 g/mol. The first-order valence-electron chi connectivity index (χ1n) is 6.39. The van der Waals surface area contributed by atoms with E-state index >= 15 is 0 Å². The number of rotatable bonds is 4.